The summed E-state index contributed by atoms with van der Waals surface area (Å²) in [7, 11) is 6.04. The quantitative estimate of drug-likeness (QED) is 0.0709. The van der Waals surface area contributed by atoms with E-state index in [9.17, 15) is 24.0 Å². The van der Waals surface area contributed by atoms with E-state index in [0.29, 0.717) is 45.5 Å². The Kier molecular flexibility index (Phi) is 11.0. The molecule has 4 aromatic carbocycles. The molecule has 0 saturated carbocycles. The fourth-order valence-electron chi connectivity index (χ4n) is 6.69. The third kappa shape index (κ3) is 7.46. The number of rotatable bonds is 14. The Balaban J connectivity index is 1.16. The van der Waals surface area contributed by atoms with Gasteiger partial charge in [-0.15, -0.1) is 0 Å². The summed E-state index contributed by atoms with van der Waals surface area (Å²) < 4.78 is 38.3. The average molecular weight is 787 g/mol. The lowest BCUT2D eigenvalue weighted by molar-refractivity contribution is -0.142. The molecule has 2 fully saturated rings. The van der Waals surface area contributed by atoms with Crippen LogP contribution in [-0.2, 0) is 23.9 Å². The van der Waals surface area contributed by atoms with Crippen LogP contribution in [0.25, 0.3) is 5.57 Å². The number of furan rings is 1. The molecule has 14 nitrogen and oxygen atoms in total. The number of ketones is 1. The second-order valence-corrected chi connectivity index (χ2v) is 13.3. The summed E-state index contributed by atoms with van der Waals surface area (Å²) in [5.41, 5.74) is 2.23. The summed E-state index contributed by atoms with van der Waals surface area (Å²) in [4.78, 5) is 70.4. The Morgan fingerprint density at radius 2 is 0.983 bits per heavy atom. The maximum Gasteiger partial charge on any atom is 0.339 e. The molecule has 0 aliphatic carbocycles. The molecule has 7 rings (SSSR count). The Bertz CT molecular complexity index is 2370. The topological polar surface area (TPSA) is 160 Å². The van der Waals surface area contributed by atoms with Crippen molar-refractivity contribution in [3.05, 3.63) is 138 Å². The normalized spacial score (nSPS) is 18.7. The first-order valence-corrected chi connectivity index (χ1v) is 18.0. The molecule has 58 heavy (non-hydrogen) atoms. The van der Waals surface area contributed by atoms with E-state index in [1.165, 1.54) is 74.8 Å². The molecule has 3 heterocycles. The molecule has 0 bridgehead atoms. The minimum absolute atomic E-state index is 0.173. The molecule has 296 valence electrons. The lowest BCUT2D eigenvalue weighted by atomic mass is 9.90. The van der Waals surface area contributed by atoms with Crippen LogP contribution in [0.3, 0.4) is 0 Å². The van der Waals surface area contributed by atoms with E-state index < -0.39 is 53.8 Å². The Morgan fingerprint density at radius 1 is 0.569 bits per heavy atom. The molecule has 1 aromatic heterocycles. The second-order valence-electron chi connectivity index (χ2n) is 13.3. The van der Waals surface area contributed by atoms with Crippen molar-refractivity contribution < 1.29 is 56.8 Å². The van der Waals surface area contributed by atoms with Crippen LogP contribution in [0.1, 0.15) is 45.0 Å². The summed E-state index contributed by atoms with van der Waals surface area (Å²) >= 11 is 0. The highest BCUT2D eigenvalue weighted by molar-refractivity contribution is 6.18. The number of carbonyl (C=O) groups is 5. The fourth-order valence-corrected chi connectivity index (χ4v) is 6.69. The van der Waals surface area contributed by atoms with Crippen LogP contribution in [0, 0.1) is 0 Å². The van der Waals surface area contributed by atoms with Crippen LogP contribution in [0.5, 0.6) is 23.0 Å². The van der Waals surface area contributed by atoms with Gasteiger partial charge in [-0.3, -0.25) is 24.2 Å². The van der Waals surface area contributed by atoms with Crippen molar-refractivity contribution >= 4 is 46.5 Å². The fraction of sp³-hybridized carbons (Fsp3) is 0.205. The number of ether oxygens (including phenoxy) is 6. The largest absolute Gasteiger partial charge is 0.497 e. The molecule has 2 amide bonds. The van der Waals surface area contributed by atoms with Gasteiger partial charge in [0, 0.05) is 16.9 Å². The molecule has 2 aliphatic heterocycles. The van der Waals surface area contributed by atoms with Crippen molar-refractivity contribution in [2.45, 2.75) is 31.2 Å². The molecular weight excluding hydrogens is 748 g/mol. The minimum atomic E-state index is -1.41. The first kappa shape index (κ1) is 38.9. The smallest absolute Gasteiger partial charge is 0.339 e. The predicted molar refractivity (Wildman–Crippen MR) is 209 cm³/mol. The highest BCUT2D eigenvalue weighted by Gasteiger charge is 2.55. The number of benzene rings is 4. The number of nitrogens with zero attached hydrogens (tertiary/aromatic N) is 2. The van der Waals surface area contributed by atoms with Gasteiger partial charge in [0.25, 0.3) is 11.8 Å². The van der Waals surface area contributed by atoms with Crippen LogP contribution in [0.4, 0.5) is 11.4 Å². The van der Waals surface area contributed by atoms with Gasteiger partial charge in [0.15, 0.2) is 5.78 Å². The van der Waals surface area contributed by atoms with Crippen LogP contribution < -0.4 is 28.7 Å². The van der Waals surface area contributed by atoms with Crippen molar-refractivity contribution in [2.75, 3.05) is 38.2 Å². The zero-order chi connectivity index (χ0) is 41.1. The summed E-state index contributed by atoms with van der Waals surface area (Å²) in [6.45, 7) is 1.68. The van der Waals surface area contributed by atoms with E-state index in [4.69, 9.17) is 32.8 Å². The summed E-state index contributed by atoms with van der Waals surface area (Å²) in [5.74, 6) is -0.585. The number of carbonyl (C=O) groups excluding carboxylic acids is 5. The molecule has 2 saturated heterocycles. The van der Waals surface area contributed by atoms with Gasteiger partial charge < -0.3 is 32.8 Å². The monoisotopic (exact) mass is 786 g/mol. The molecule has 0 radical (unpaired) electrons. The molecule has 4 atom stereocenters. The predicted octanol–water partition coefficient (Wildman–Crippen LogP) is 6.24. The number of amides is 2. The van der Waals surface area contributed by atoms with E-state index in [1.54, 1.807) is 85.8 Å². The first-order chi connectivity index (χ1) is 28.0. The molecular formula is C44H38N2O12. The zero-order valence-electron chi connectivity index (χ0n) is 32.1. The van der Waals surface area contributed by atoms with Crippen molar-refractivity contribution in [3.8, 4) is 23.0 Å². The number of anilines is 2. The van der Waals surface area contributed by atoms with Crippen molar-refractivity contribution in [1.29, 1.82) is 0 Å². The van der Waals surface area contributed by atoms with Crippen LogP contribution in [0.15, 0.2) is 120 Å². The number of methoxy groups -OCH3 is 4. The lowest BCUT2D eigenvalue weighted by Gasteiger charge is -2.44. The van der Waals surface area contributed by atoms with E-state index in [-0.39, 0.29) is 16.9 Å². The maximum absolute atomic E-state index is 14.1. The Hall–Kier alpha value is -7.35. The van der Waals surface area contributed by atoms with Crippen molar-refractivity contribution in [3.63, 3.8) is 0 Å². The van der Waals surface area contributed by atoms with Gasteiger partial charge in [0.2, 0.25) is 12.2 Å². The van der Waals surface area contributed by atoms with E-state index in [2.05, 4.69) is 0 Å². The Labute approximate surface area is 333 Å². The van der Waals surface area contributed by atoms with E-state index in [1.807, 2.05) is 0 Å². The molecule has 5 aromatic rings. The summed E-state index contributed by atoms with van der Waals surface area (Å²) in [6, 6.07) is 25.4. The van der Waals surface area contributed by atoms with Gasteiger partial charge in [-0.05, 0) is 122 Å². The zero-order valence-corrected chi connectivity index (χ0v) is 32.1. The second kappa shape index (κ2) is 16.4. The summed E-state index contributed by atoms with van der Waals surface area (Å²) in [5, 5.41) is 0. The van der Waals surface area contributed by atoms with Crippen LogP contribution >= 0.6 is 0 Å². The minimum Gasteiger partial charge on any atom is -0.497 e. The van der Waals surface area contributed by atoms with Crippen LogP contribution in [-0.4, -0.2) is 76.2 Å². The van der Waals surface area contributed by atoms with Gasteiger partial charge >= 0.3 is 11.9 Å². The highest BCUT2D eigenvalue weighted by atomic mass is 16.6. The SMILES string of the molecule is COc1ccc(C(=O)O[C@H]2C(=O)N(c3ccc(OC)cc3)[C@H]2C(=O)/C=C(\C)c2coc([C@H]3[C@@H](OC(=O)c4ccc(OC)cc4)C(=O)N3c3ccc(OC)cc3)c2)cc1. The average Bonchev–Trinajstić information content (AvgIpc) is 3.75. The number of hydrogen-bond donors (Lipinski definition) is 0. The molecule has 0 spiro atoms. The van der Waals surface area contributed by atoms with Crippen molar-refractivity contribution in [1.82, 2.24) is 0 Å². The maximum atomic E-state index is 14.1. The Morgan fingerprint density at radius 3 is 1.45 bits per heavy atom. The van der Waals surface area contributed by atoms with E-state index >= 15 is 0 Å². The van der Waals surface area contributed by atoms with Gasteiger partial charge in [0.1, 0.15) is 40.8 Å². The number of allylic oxidation sites excluding steroid dienone is 1. The number of esters is 2. The number of hydrogen-bond acceptors (Lipinski definition) is 12. The highest BCUT2D eigenvalue weighted by Crippen LogP contribution is 2.43. The molecule has 0 unspecified atom stereocenters. The third-order valence-corrected chi connectivity index (χ3v) is 9.93. The van der Waals surface area contributed by atoms with Gasteiger partial charge in [-0.1, -0.05) is 0 Å². The number of β-lactam (4-membered cyclic amide) rings is 2. The molecule has 0 N–H and O–H groups in total. The van der Waals surface area contributed by atoms with Gasteiger partial charge in [-0.25, -0.2) is 9.59 Å². The summed E-state index contributed by atoms with van der Waals surface area (Å²) in [6.07, 6.45) is 0.112. The first-order valence-electron chi connectivity index (χ1n) is 18.0. The van der Waals surface area contributed by atoms with Crippen molar-refractivity contribution in [2.24, 2.45) is 0 Å². The molecule has 14 heteroatoms. The third-order valence-electron chi connectivity index (χ3n) is 9.93. The lowest BCUT2D eigenvalue weighted by Crippen LogP contribution is -2.69. The van der Waals surface area contributed by atoms with Gasteiger partial charge in [-0.2, -0.15) is 0 Å². The molecule has 2 aliphatic rings. The van der Waals surface area contributed by atoms with Crippen LogP contribution in [0.2, 0.25) is 0 Å². The van der Waals surface area contributed by atoms with Gasteiger partial charge in [0.05, 0.1) is 45.8 Å². The standard InChI is InChI=1S/C44H38N2O12/c1-25(22-35(47)37-39(57-43(50)26-6-14-31(52-2)15-7-26)41(48)45(37)29-10-18-33(54-4)19-11-29)28-23-36(56-24-28)38-40(58-44(51)27-8-16-32(53-3)17-9-27)42(49)46(38)30-12-20-34(55-5)21-13-30/h6-24,37-40H,1-5H3/b25-22+/t37-,38-,39+,40+/m0/s1. The van der Waals surface area contributed by atoms with E-state index in [0.717, 1.165) is 0 Å².